The zero-order valence-corrected chi connectivity index (χ0v) is 9.78. The van der Waals surface area contributed by atoms with Crippen LogP contribution in [0.25, 0.3) is 0 Å². The fourth-order valence-corrected chi connectivity index (χ4v) is 1.80. The van der Waals surface area contributed by atoms with E-state index in [2.05, 4.69) is 0 Å². The van der Waals surface area contributed by atoms with E-state index in [0.29, 0.717) is 12.8 Å². The molecule has 0 saturated carbocycles. The molecule has 0 aromatic rings. The predicted octanol–water partition coefficient (Wildman–Crippen LogP) is 2.28. The zero-order valence-electron chi connectivity index (χ0n) is 9.78. The lowest BCUT2D eigenvalue weighted by molar-refractivity contribution is -0.148. The zero-order chi connectivity index (χ0) is 12.1. The fourth-order valence-electron chi connectivity index (χ4n) is 1.80. The van der Waals surface area contributed by atoms with Crippen LogP contribution >= 0.6 is 0 Å². The molecule has 0 amide bonds. The molecule has 1 atom stereocenters. The van der Waals surface area contributed by atoms with Gasteiger partial charge in [0.1, 0.15) is 17.4 Å². The van der Waals surface area contributed by atoms with E-state index < -0.39 is 5.97 Å². The molecule has 0 bridgehead atoms. The van der Waals surface area contributed by atoms with Gasteiger partial charge in [-0.1, -0.05) is 20.3 Å². The lowest BCUT2D eigenvalue weighted by Gasteiger charge is -2.23. The largest absolute Gasteiger partial charge is 0.511 e. The smallest absolute Gasteiger partial charge is 0.345 e. The van der Waals surface area contributed by atoms with Gasteiger partial charge in [-0.05, 0) is 12.8 Å². The van der Waals surface area contributed by atoms with Crippen molar-refractivity contribution < 1.29 is 19.4 Å². The maximum atomic E-state index is 11.6. The highest BCUT2D eigenvalue weighted by Crippen LogP contribution is 2.24. The quantitative estimate of drug-likeness (QED) is 0.577. The van der Waals surface area contributed by atoms with Crippen LogP contribution in [0.1, 0.15) is 46.0 Å². The van der Waals surface area contributed by atoms with Crippen molar-refractivity contribution in [1.29, 1.82) is 0 Å². The van der Waals surface area contributed by atoms with Crippen molar-refractivity contribution in [3.8, 4) is 0 Å². The summed E-state index contributed by atoms with van der Waals surface area (Å²) in [6, 6.07) is 0. The van der Waals surface area contributed by atoms with Crippen LogP contribution in [0.15, 0.2) is 11.3 Å². The summed E-state index contributed by atoms with van der Waals surface area (Å²) >= 11 is 0. The molecule has 90 valence electrons. The van der Waals surface area contributed by atoms with Gasteiger partial charge in [-0.3, -0.25) is 4.79 Å². The molecule has 0 fully saturated rings. The Labute approximate surface area is 95.3 Å². The number of hydrogen-bond donors (Lipinski definition) is 1. The van der Waals surface area contributed by atoms with Gasteiger partial charge in [0.05, 0.1) is 0 Å². The molecule has 1 rings (SSSR count). The standard InChI is InChI=1S/C12H18O4/c1-3-5-8-7-10(14)11(12(15)16-8)9(13)6-4-2/h8,14H,3-7H2,1-2H3/t8-/m0/s1. The monoisotopic (exact) mass is 226 g/mol. The van der Waals surface area contributed by atoms with Gasteiger partial charge >= 0.3 is 5.97 Å². The minimum atomic E-state index is -0.666. The molecule has 0 aromatic heterocycles. The van der Waals surface area contributed by atoms with Crippen LogP contribution in [0.3, 0.4) is 0 Å². The summed E-state index contributed by atoms with van der Waals surface area (Å²) in [5.74, 6) is -1.09. The third kappa shape index (κ3) is 2.84. The highest BCUT2D eigenvalue weighted by molar-refractivity contribution is 6.18. The molecule has 0 unspecified atom stereocenters. The number of Topliss-reactive ketones (excluding diaryl/α,β-unsaturated/α-hetero) is 1. The second-order valence-corrected chi connectivity index (χ2v) is 4.01. The Balaban J connectivity index is 2.80. The minimum absolute atomic E-state index is 0.104. The number of cyclic esters (lactones) is 1. The Bertz CT molecular complexity index is 317. The first-order chi connectivity index (χ1) is 7.60. The summed E-state index contributed by atoms with van der Waals surface area (Å²) < 4.78 is 5.10. The minimum Gasteiger partial charge on any atom is -0.511 e. The molecule has 0 saturated heterocycles. The molecule has 1 aliphatic heterocycles. The van der Waals surface area contributed by atoms with Gasteiger partial charge in [0.15, 0.2) is 5.78 Å². The maximum Gasteiger partial charge on any atom is 0.345 e. The average Bonchev–Trinajstić information content (AvgIpc) is 2.17. The van der Waals surface area contributed by atoms with E-state index in [1.54, 1.807) is 0 Å². The van der Waals surface area contributed by atoms with Crippen molar-refractivity contribution in [3.63, 3.8) is 0 Å². The van der Waals surface area contributed by atoms with E-state index in [1.807, 2.05) is 13.8 Å². The Morgan fingerprint density at radius 3 is 2.62 bits per heavy atom. The summed E-state index contributed by atoms with van der Waals surface area (Å²) in [6.07, 6.45) is 2.50. The van der Waals surface area contributed by atoms with E-state index in [0.717, 1.165) is 6.42 Å². The van der Waals surface area contributed by atoms with Gasteiger partial charge in [0, 0.05) is 12.8 Å². The van der Waals surface area contributed by atoms with Gasteiger partial charge in [-0.25, -0.2) is 4.79 Å². The van der Waals surface area contributed by atoms with Crippen LogP contribution in [0, 0.1) is 0 Å². The normalized spacial score (nSPS) is 20.9. The summed E-state index contributed by atoms with van der Waals surface area (Å²) in [7, 11) is 0. The lowest BCUT2D eigenvalue weighted by atomic mass is 9.99. The summed E-state index contributed by atoms with van der Waals surface area (Å²) in [5.41, 5.74) is -0.144. The van der Waals surface area contributed by atoms with Gasteiger partial charge in [-0.15, -0.1) is 0 Å². The van der Waals surface area contributed by atoms with Crippen LogP contribution in [-0.4, -0.2) is 23.0 Å². The van der Waals surface area contributed by atoms with Crippen LogP contribution in [0.2, 0.25) is 0 Å². The third-order valence-corrected chi connectivity index (χ3v) is 2.55. The van der Waals surface area contributed by atoms with E-state index >= 15 is 0 Å². The highest BCUT2D eigenvalue weighted by atomic mass is 16.5. The van der Waals surface area contributed by atoms with Crippen molar-refractivity contribution >= 4 is 11.8 Å². The average molecular weight is 226 g/mol. The third-order valence-electron chi connectivity index (χ3n) is 2.55. The van der Waals surface area contributed by atoms with Crippen molar-refractivity contribution in [1.82, 2.24) is 0 Å². The fraction of sp³-hybridized carbons (Fsp3) is 0.667. The molecule has 0 spiro atoms. The predicted molar refractivity (Wildman–Crippen MR) is 59.0 cm³/mol. The topological polar surface area (TPSA) is 63.6 Å². The van der Waals surface area contributed by atoms with E-state index in [1.165, 1.54) is 0 Å². The number of aliphatic hydroxyl groups excluding tert-OH is 1. The first kappa shape index (κ1) is 12.7. The highest BCUT2D eigenvalue weighted by Gasteiger charge is 2.32. The SMILES string of the molecule is CCCC(=O)C1=C(O)C[C@H](CCC)OC1=O. The van der Waals surface area contributed by atoms with E-state index in [4.69, 9.17) is 4.74 Å². The van der Waals surface area contributed by atoms with Crippen molar-refractivity contribution in [2.75, 3.05) is 0 Å². The van der Waals surface area contributed by atoms with Crippen molar-refractivity contribution in [2.24, 2.45) is 0 Å². The molecule has 4 nitrogen and oxygen atoms in total. The van der Waals surface area contributed by atoms with E-state index in [-0.39, 0.29) is 36.1 Å². The molecule has 1 aliphatic rings. The molecule has 0 aliphatic carbocycles. The number of aliphatic hydroxyl groups is 1. The molecule has 4 heteroatoms. The van der Waals surface area contributed by atoms with Gasteiger partial charge in [0.25, 0.3) is 0 Å². The number of ether oxygens (including phenoxy) is 1. The van der Waals surface area contributed by atoms with Crippen LogP contribution in [-0.2, 0) is 14.3 Å². The Morgan fingerprint density at radius 1 is 1.44 bits per heavy atom. The number of carbonyl (C=O) groups is 2. The Hall–Kier alpha value is -1.32. The number of rotatable bonds is 5. The van der Waals surface area contributed by atoms with Crippen LogP contribution in [0.4, 0.5) is 0 Å². The molecule has 1 heterocycles. The van der Waals surface area contributed by atoms with Gasteiger partial charge < -0.3 is 9.84 Å². The Morgan fingerprint density at radius 2 is 2.12 bits per heavy atom. The number of carbonyl (C=O) groups excluding carboxylic acids is 2. The van der Waals surface area contributed by atoms with Crippen molar-refractivity contribution in [2.45, 2.75) is 52.1 Å². The summed E-state index contributed by atoms with van der Waals surface area (Å²) in [5, 5.41) is 9.69. The van der Waals surface area contributed by atoms with Crippen molar-refractivity contribution in [3.05, 3.63) is 11.3 Å². The number of esters is 1. The molecule has 1 N–H and O–H groups in total. The molecule has 0 radical (unpaired) electrons. The molecular weight excluding hydrogens is 208 g/mol. The molecule has 0 aromatic carbocycles. The number of hydrogen-bond acceptors (Lipinski definition) is 4. The maximum absolute atomic E-state index is 11.6. The Kier molecular flexibility index (Phi) is 4.52. The van der Waals surface area contributed by atoms with Crippen LogP contribution in [0.5, 0.6) is 0 Å². The lowest BCUT2D eigenvalue weighted by Crippen LogP contribution is -2.30. The van der Waals surface area contributed by atoms with Gasteiger partial charge in [-0.2, -0.15) is 0 Å². The van der Waals surface area contributed by atoms with E-state index in [9.17, 15) is 14.7 Å². The molecular formula is C12H18O4. The van der Waals surface area contributed by atoms with Gasteiger partial charge in [0.2, 0.25) is 0 Å². The van der Waals surface area contributed by atoms with Crippen LogP contribution < -0.4 is 0 Å². The first-order valence-corrected chi connectivity index (χ1v) is 5.76. The second-order valence-electron chi connectivity index (χ2n) is 4.01. The number of ketones is 1. The molecule has 16 heavy (non-hydrogen) atoms. The summed E-state index contributed by atoms with van der Waals surface area (Å²) in [4.78, 5) is 23.1. The first-order valence-electron chi connectivity index (χ1n) is 5.76. The summed E-state index contributed by atoms with van der Waals surface area (Å²) in [6.45, 7) is 3.83. The second kappa shape index (κ2) is 5.68.